The van der Waals surface area contributed by atoms with E-state index in [2.05, 4.69) is 103 Å². The van der Waals surface area contributed by atoms with Crippen LogP contribution in [0.1, 0.15) is 0 Å². The number of aromatic amines is 3. The topological polar surface area (TPSA) is 146 Å². The quantitative estimate of drug-likeness (QED) is 0.140. The van der Waals surface area contributed by atoms with Crippen molar-refractivity contribution < 1.29 is 4.57 Å². The van der Waals surface area contributed by atoms with Crippen molar-refractivity contribution in [3.05, 3.63) is 27.4 Å². The third kappa shape index (κ3) is 8.07. The smallest absolute Gasteiger partial charge is 0.275 e. The summed E-state index contributed by atoms with van der Waals surface area (Å²) in [6, 6.07) is 0. The number of H-pyrrole nitrogens is 3. The van der Waals surface area contributed by atoms with Gasteiger partial charge in [-0.3, -0.25) is 24.7 Å². The number of aromatic nitrogens is 8. The zero-order chi connectivity index (χ0) is 21.6. The van der Waals surface area contributed by atoms with Crippen molar-refractivity contribution >= 4 is 111 Å². The van der Waals surface area contributed by atoms with Crippen LogP contribution in [0, 0.1) is 0 Å². The summed E-state index contributed by atoms with van der Waals surface area (Å²) in [7, 11) is 0. The van der Waals surface area contributed by atoms with Crippen LogP contribution in [0.2, 0.25) is 0 Å². The van der Waals surface area contributed by atoms with Crippen LogP contribution in [0.3, 0.4) is 0 Å². The Morgan fingerprint density at radius 3 is 2.10 bits per heavy atom. The van der Waals surface area contributed by atoms with E-state index in [9.17, 15) is 9.36 Å². The number of nitrogens with zero attached hydrogens (tertiary/aromatic N) is 5. The Morgan fingerprint density at radius 2 is 1.52 bits per heavy atom. The molecule has 0 fully saturated rings. The number of hydrogen-bond acceptors (Lipinski definition) is 9. The van der Waals surface area contributed by atoms with Crippen molar-refractivity contribution in [3.8, 4) is 0 Å². The van der Waals surface area contributed by atoms with Gasteiger partial charge >= 0.3 is 0 Å². The predicted molar refractivity (Wildman–Crippen MR) is 132 cm³/mol. The summed E-state index contributed by atoms with van der Waals surface area (Å²) >= 11 is 14.5. The lowest BCUT2D eigenvalue weighted by atomic mass is 10.4. The molecule has 0 saturated carbocycles. The summed E-state index contributed by atoms with van der Waals surface area (Å²) in [6.45, 7) is 0. The molecule has 156 valence electrons. The van der Waals surface area contributed by atoms with E-state index in [-0.39, 0.29) is 5.56 Å². The van der Waals surface area contributed by atoms with E-state index in [4.69, 9.17) is 0 Å². The first-order chi connectivity index (χ1) is 13.6. The molecule has 0 unspecified atom stereocenters. The van der Waals surface area contributed by atoms with E-state index in [0.29, 0.717) is 21.8 Å². The minimum Gasteiger partial charge on any atom is -0.287 e. The average molecular weight is 714 g/mol. The van der Waals surface area contributed by atoms with Gasteiger partial charge in [-0.2, -0.15) is 5.10 Å². The van der Waals surface area contributed by atoms with Gasteiger partial charge in [0.15, 0.2) is 21.6 Å². The first-order valence-electron chi connectivity index (χ1n) is 7.19. The molecular weight excluding hydrogens is 703 g/mol. The van der Waals surface area contributed by atoms with Crippen molar-refractivity contribution in [2.24, 2.45) is 0 Å². The molecule has 0 amide bonds. The summed E-state index contributed by atoms with van der Waals surface area (Å²) in [4.78, 5) is 27.4. The van der Waals surface area contributed by atoms with E-state index in [1.807, 2.05) is 12.5 Å². The Bertz CT molecular complexity index is 1200. The summed E-state index contributed by atoms with van der Waals surface area (Å²) in [5.74, 6) is 0. The van der Waals surface area contributed by atoms with Gasteiger partial charge < -0.3 is 0 Å². The maximum absolute atomic E-state index is 11.0. The van der Waals surface area contributed by atoms with Gasteiger partial charge in [-0.1, -0.05) is 23.5 Å². The summed E-state index contributed by atoms with van der Waals surface area (Å²) < 4.78 is 8.59. The number of nitrogens with one attached hydrogen (secondary N) is 3. The normalized spacial score (nSPS) is 11.0. The number of fused-ring (bicyclic) bond motifs is 2. The second kappa shape index (κ2) is 11.4. The van der Waals surface area contributed by atoms with Gasteiger partial charge in [0, 0.05) is 58.9 Å². The molecule has 0 aliphatic carbocycles. The highest BCUT2D eigenvalue weighted by molar-refractivity contribution is 9.94. The van der Waals surface area contributed by atoms with Crippen LogP contribution in [-0.4, -0.2) is 52.8 Å². The molecule has 4 aromatic rings. The van der Waals surface area contributed by atoms with Crippen molar-refractivity contribution in [2.45, 2.75) is 10.3 Å². The highest BCUT2D eigenvalue weighted by Gasteiger charge is 2.05. The largest absolute Gasteiger partial charge is 0.287 e. The molecule has 29 heavy (non-hydrogen) atoms. The number of rotatable bonds is 2. The number of halogens is 4. The SMILES string of the molecule is CSc1ncc2c(=O)[nH][nH]c2n1.CSc1ncc2c(Br)[nH]nc2n1.O=P(Br)(Br)Br. The minimum absolute atomic E-state index is 0.183. The molecule has 17 heteroatoms. The van der Waals surface area contributed by atoms with Crippen LogP contribution in [0.5, 0.6) is 0 Å². The molecule has 0 aliphatic rings. The molecule has 4 heterocycles. The number of hydrogen-bond donors (Lipinski definition) is 3. The predicted octanol–water partition coefficient (Wildman–Crippen LogP) is 5.48. The van der Waals surface area contributed by atoms with Crippen molar-refractivity contribution in [1.29, 1.82) is 0 Å². The summed E-state index contributed by atoms with van der Waals surface area (Å²) in [5.41, 5.74) is 1.07. The fourth-order valence-electron chi connectivity index (χ4n) is 1.77. The molecule has 10 nitrogen and oxygen atoms in total. The summed E-state index contributed by atoms with van der Waals surface area (Å²) in [6.07, 6.45) is 7.08. The molecule has 0 spiro atoms. The lowest BCUT2D eigenvalue weighted by Crippen LogP contribution is -1.98. The van der Waals surface area contributed by atoms with E-state index in [1.165, 1.54) is 29.7 Å². The first-order valence-corrected chi connectivity index (χ1v) is 18.2. The Balaban J connectivity index is 0.000000170. The zero-order valence-electron chi connectivity index (χ0n) is 14.5. The Morgan fingerprint density at radius 1 is 0.966 bits per heavy atom. The van der Waals surface area contributed by atoms with Gasteiger partial charge in [-0.15, -0.1) is 0 Å². The molecule has 0 saturated heterocycles. The van der Waals surface area contributed by atoms with Crippen LogP contribution < -0.4 is 5.56 Å². The average Bonchev–Trinajstić information content (AvgIpc) is 3.23. The molecule has 0 bridgehead atoms. The van der Waals surface area contributed by atoms with E-state index >= 15 is 0 Å². The van der Waals surface area contributed by atoms with Gasteiger partial charge in [-0.25, -0.2) is 19.9 Å². The van der Waals surface area contributed by atoms with Gasteiger partial charge in [-0.05, 0) is 28.4 Å². The minimum atomic E-state index is -2.20. The third-order valence-electron chi connectivity index (χ3n) is 2.91. The van der Waals surface area contributed by atoms with Gasteiger partial charge in [0.25, 0.3) is 8.81 Å². The number of thioether (sulfide) groups is 2. The van der Waals surface area contributed by atoms with E-state index in [0.717, 1.165) is 15.1 Å². The van der Waals surface area contributed by atoms with Crippen molar-refractivity contribution in [3.63, 3.8) is 0 Å². The fraction of sp³-hybridized carbons (Fsp3) is 0.167. The van der Waals surface area contributed by atoms with E-state index in [1.54, 1.807) is 6.20 Å². The molecule has 0 aliphatic heterocycles. The van der Waals surface area contributed by atoms with Crippen LogP contribution in [0.4, 0.5) is 0 Å². The third-order valence-corrected chi connectivity index (χ3v) is 4.64. The lowest BCUT2D eigenvalue weighted by molar-refractivity contribution is 0.603. The molecular formula is C12H11Br4N8O2PS2. The van der Waals surface area contributed by atoms with Gasteiger partial charge in [0.1, 0.15) is 9.99 Å². The molecule has 0 atom stereocenters. The Hall–Kier alpha value is -0.250. The molecule has 3 N–H and O–H groups in total. The molecule has 4 aromatic heterocycles. The highest BCUT2D eigenvalue weighted by atomic mass is 80.0. The standard InChI is InChI=1S/C6H5BrN4S.C6H6N4OS.Br3OP/c1-12-6-8-2-3-4(7)10-11-5(3)9-6;1-12-6-7-2-3-4(8-6)9-10-5(3)11;1-5(2,3)4/h2H,1H3,(H,8,9,10,11);2H,1H3,(H2,7,8,9,10,11);. The monoisotopic (exact) mass is 710 g/mol. The van der Waals surface area contributed by atoms with Crippen molar-refractivity contribution in [1.82, 2.24) is 40.3 Å². The first kappa shape index (κ1) is 25.0. The lowest BCUT2D eigenvalue weighted by Gasteiger charge is -1.91. The van der Waals surface area contributed by atoms with Crippen LogP contribution in [0.15, 0.2) is 32.1 Å². The Labute approximate surface area is 204 Å². The van der Waals surface area contributed by atoms with Gasteiger partial charge in [0.2, 0.25) is 0 Å². The zero-order valence-corrected chi connectivity index (χ0v) is 23.4. The molecule has 0 aromatic carbocycles. The van der Waals surface area contributed by atoms with Crippen LogP contribution >= 0.6 is 89.2 Å². The van der Waals surface area contributed by atoms with Gasteiger partial charge in [0.05, 0.1) is 5.39 Å². The second-order valence-electron chi connectivity index (χ2n) is 4.73. The van der Waals surface area contributed by atoms with E-state index < -0.39 is 3.25 Å². The maximum Gasteiger partial charge on any atom is 0.275 e. The van der Waals surface area contributed by atoms with Crippen LogP contribution in [-0.2, 0) is 4.57 Å². The molecule has 0 radical (unpaired) electrons. The molecule has 4 rings (SSSR count). The Kier molecular flexibility index (Phi) is 9.83. The van der Waals surface area contributed by atoms with Crippen molar-refractivity contribution in [2.75, 3.05) is 12.5 Å². The highest BCUT2D eigenvalue weighted by Crippen LogP contribution is 2.68. The fourth-order valence-corrected chi connectivity index (χ4v) is 2.81. The maximum atomic E-state index is 11.0. The van der Waals surface area contributed by atoms with Crippen LogP contribution in [0.25, 0.3) is 22.1 Å². The summed E-state index contributed by atoms with van der Waals surface area (Å²) in [5, 5.41) is 14.7. The second-order valence-corrected chi connectivity index (χ2v) is 25.4.